The number of hydrogen-bond donors (Lipinski definition) is 1. The van der Waals surface area contributed by atoms with Gasteiger partial charge >= 0.3 is 0 Å². The van der Waals surface area contributed by atoms with Crippen LogP contribution in [0.3, 0.4) is 0 Å². The molecule has 0 unspecified atom stereocenters. The van der Waals surface area contributed by atoms with Crippen molar-refractivity contribution in [3.05, 3.63) is 29.6 Å². The Labute approximate surface area is 155 Å². The summed E-state index contributed by atoms with van der Waals surface area (Å²) >= 11 is 0. The van der Waals surface area contributed by atoms with Gasteiger partial charge in [0.1, 0.15) is 12.1 Å². The topological polar surface area (TPSA) is 50.3 Å². The highest BCUT2D eigenvalue weighted by molar-refractivity contribution is 5.93. The SMILES string of the molecule is c1nc(NC2CCC(N3CCOCC3)CC2)c2c3c(ccc2n1)CCC3. The van der Waals surface area contributed by atoms with Crippen LogP contribution in [-0.4, -0.2) is 53.3 Å². The van der Waals surface area contributed by atoms with Gasteiger partial charge in [-0.05, 0) is 62.1 Å². The van der Waals surface area contributed by atoms with Crippen molar-refractivity contribution in [2.24, 2.45) is 0 Å². The normalized spacial score (nSPS) is 26.8. The second-order valence-corrected chi connectivity index (χ2v) is 7.97. The van der Waals surface area contributed by atoms with Gasteiger partial charge < -0.3 is 10.1 Å². The van der Waals surface area contributed by atoms with E-state index >= 15 is 0 Å². The van der Waals surface area contributed by atoms with Gasteiger partial charge in [0.25, 0.3) is 0 Å². The summed E-state index contributed by atoms with van der Waals surface area (Å²) in [6.07, 6.45) is 10.3. The Morgan fingerprint density at radius 2 is 1.85 bits per heavy atom. The Balaban J connectivity index is 1.31. The molecule has 5 rings (SSSR count). The van der Waals surface area contributed by atoms with Crippen molar-refractivity contribution in [3.8, 4) is 0 Å². The lowest BCUT2D eigenvalue weighted by Gasteiger charge is -2.39. The zero-order chi connectivity index (χ0) is 17.3. The Morgan fingerprint density at radius 3 is 2.69 bits per heavy atom. The molecule has 1 aromatic heterocycles. The van der Waals surface area contributed by atoms with Crippen LogP contribution in [0.2, 0.25) is 0 Å². The molecule has 0 radical (unpaired) electrons. The van der Waals surface area contributed by atoms with Crippen molar-refractivity contribution in [2.45, 2.75) is 57.0 Å². The minimum atomic E-state index is 0.530. The molecule has 2 heterocycles. The van der Waals surface area contributed by atoms with E-state index in [9.17, 15) is 0 Å². The predicted molar refractivity (Wildman–Crippen MR) is 104 cm³/mol. The van der Waals surface area contributed by atoms with Gasteiger partial charge in [-0.15, -0.1) is 0 Å². The van der Waals surface area contributed by atoms with Crippen LogP contribution < -0.4 is 5.32 Å². The van der Waals surface area contributed by atoms with Crippen LogP contribution >= 0.6 is 0 Å². The average molecular weight is 352 g/mol. The summed E-state index contributed by atoms with van der Waals surface area (Å²) in [5.41, 5.74) is 4.06. The van der Waals surface area contributed by atoms with Gasteiger partial charge in [0.2, 0.25) is 0 Å². The molecule has 26 heavy (non-hydrogen) atoms. The van der Waals surface area contributed by atoms with Gasteiger partial charge in [0, 0.05) is 30.6 Å². The minimum absolute atomic E-state index is 0.530. The molecule has 2 aliphatic carbocycles. The summed E-state index contributed by atoms with van der Waals surface area (Å²) in [7, 11) is 0. The van der Waals surface area contributed by atoms with E-state index in [0.717, 1.165) is 43.7 Å². The maximum atomic E-state index is 5.50. The number of nitrogens with zero attached hydrogens (tertiary/aromatic N) is 3. The molecule has 2 aromatic rings. The fraction of sp³-hybridized carbons (Fsp3) is 0.619. The molecular weight excluding hydrogens is 324 g/mol. The zero-order valence-corrected chi connectivity index (χ0v) is 15.4. The molecule has 1 aliphatic heterocycles. The van der Waals surface area contributed by atoms with E-state index in [1.54, 1.807) is 6.33 Å². The number of aryl methyl sites for hydroxylation is 2. The summed E-state index contributed by atoms with van der Waals surface area (Å²) in [6, 6.07) is 5.70. The minimum Gasteiger partial charge on any atom is -0.379 e. The van der Waals surface area contributed by atoms with E-state index < -0.39 is 0 Å². The van der Waals surface area contributed by atoms with Crippen molar-refractivity contribution in [1.29, 1.82) is 0 Å². The first kappa shape index (κ1) is 16.5. The second kappa shape index (κ2) is 7.12. The molecule has 3 aliphatic rings. The molecule has 2 fully saturated rings. The van der Waals surface area contributed by atoms with E-state index in [4.69, 9.17) is 4.74 Å². The number of aromatic nitrogens is 2. The van der Waals surface area contributed by atoms with Gasteiger partial charge in [-0.1, -0.05) is 6.07 Å². The van der Waals surface area contributed by atoms with E-state index in [1.807, 2.05) is 0 Å². The highest BCUT2D eigenvalue weighted by Crippen LogP contribution is 2.34. The van der Waals surface area contributed by atoms with Crippen LogP contribution in [0.5, 0.6) is 0 Å². The zero-order valence-electron chi connectivity index (χ0n) is 15.4. The van der Waals surface area contributed by atoms with Gasteiger partial charge in [-0.2, -0.15) is 0 Å². The molecule has 5 nitrogen and oxygen atoms in total. The smallest absolute Gasteiger partial charge is 0.137 e. The largest absolute Gasteiger partial charge is 0.379 e. The van der Waals surface area contributed by atoms with E-state index in [-0.39, 0.29) is 0 Å². The molecule has 0 bridgehead atoms. The van der Waals surface area contributed by atoms with Crippen molar-refractivity contribution in [3.63, 3.8) is 0 Å². The van der Waals surface area contributed by atoms with Gasteiger partial charge in [-0.3, -0.25) is 4.90 Å². The van der Waals surface area contributed by atoms with Crippen LogP contribution in [0.4, 0.5) is 5.82 Å². The van der Waals surface area contributed by atoms with Gasteiger partial charge in [-0.25, -0.2) is 9.97 Å². The highest BCUT2D eigenvalue weighted by Gasteiger charge is 2.27. The van der Waals surface area contributed by atoms with Crippen molar-refractivity contribution >= 4 is 16.7 Å². The molecule has 1 aromatic carbocycles. The van der Waals surface area contributed by atoms with Crippen LogP contribution in [-0.2, 0) is 17.6 Å². The third-order valence-electron chi connectivity index (χ3n) is 6.48. The molecular formula is C21H28N4O. The number of fused-ring (bicyclic) bond motifs is 3. The summed E-state index contributed by atoms with van der Waals surface area (Å²) in [5, 5.41) is 5.06. The number of hydrogen-bond acceptors (Lipinski definition) is 5. The quantitative estimate of drug-likeness (QED) is 0.919. The maximum Gasteiger partial charge on any atom is 0.137 e. The van der Waals surface area contributed by atoms with Crippen molar-refractivity contribution in [1.82, 2.24) is 14.9 Å². The lowest BCUT2D eigenvalue weighted by molar-refractivity contribution is 0.00791. The Hall–Kier alpha value is -1.72. The molecule has 0 atom stereocenters. The molecule has 1 saturated heterocycles. The highest BCUT2D eigenvalue weighted by atomic mass is 16.5. The molecule has 0 spiro atoms. The van der Waals surface area contributed by atoms with E-state index in [2.05, 4.69) is 32.3 Å². The van der Waals surface area contributed by atoms with Crippen LogP contribution in [0.15, 0.2) is 18.5 Å². The van der Waals surface area contributed by atoms with Crippen LogP contribution in [0.25, 0.3) is 10.9 Å². The monoisotopic (exact) mass is 352 g/mol. The van der Waals surface area contributed by atoms with E-state index in [0.29, 0.717) is 6.04 Å². The van der Waals surface area contributed by atoms with Crippen LogP contribution in [0.1, 0.15) is 43.2 Å². The number of ether oxygens (including phenoxy) is 1. The van der Waals surface area contributed by atoms with Gasteiger partial charge in [0.15, 0.2) is 0 Å². The summed E-state index contributed by atoms with van der Waals surface area (Å²) < 4.78 is 5.50. The summed E-state index contributed by atoms with van der Waals surface area (Å²) in [4.78, 5) is 11.8. The third-order valence-corrected chi connectivity index (χ3v) is 6.48. The molecule has 5 heteroatoms. The molecule has 1 N–H and O–H groups in total. The Morgan fingerprint density at radius 1 is 1.00 bits per heavy atom. The lowest BCUT2D eigenvalue weighted by atomic mass is 9.89. The number of benzene rings is 1. The first-order valence-electron chi connectivity index (χ1n) is 10.2. The fourth-order valence-corrected chi connectivity index (χ4v) is 5.07. The number of morpholine rings is 1. The van der Waals surface area contributed by atoms with E-state index in [1.165, 1.54) is 61.5 Å². The number of nitrogens with one attached hydrogen (secondary N) is 1. The predicted octanol–water partition coefficient (Wildman–Crippen LogP) is 3.17. The maximum absolute atomic E-state index is 5.50. The molecule has 1 saturated carbocycles. The standard InChI is InChI=1S/C21H28N4O/c1-2-15-4-9-19-20(18(15)3-1)21(23-14-22-19)24-16-5-7-17(8-6-16)25-10-12-26-13-11-25/h4,9,14,16-17H,1-3,5-8,10-13H2,(H,22,23,24). The average Bonchev–Trinajstić information content (AvgIpc) is 3.18. The van der Waals surface area contributed by atoms with Crippen LogP contribution in [0, 0.1) is 0 Å². The Bertz CT molecular complexity index is 779. The summed E-state index contributed by atoms with van der Waals surface area (Å²) in [5.74, 6) is 1.06. The summed E-state index contributed by atoms with van der Waals surface area (Å²) in [6.45, 7) is 4.00. The van der Waals surface area contributed by atoms with Crippen molar-refractivity contribution in [2.75, 3.05) is 31.6 Å². The third kappa shape index (κ3) is 3.08. The first-order valence-corrected chi connectivity index (χ1v) is 10.2. The van der Waals surface area contributed by atoms with Crippen molar-refractivity contribution < 1.29 is 4.74 Å². The first-order chi connectivity index (χ1) is 12.9. The van der Waals surface area contributed by atoms with Gasteiger partial charge in [0.05, 0.1) is 18.7 Å². The second-order valence-electron chi connectivity index (χ2n) is 7.97. The molecule has 138 valence electrons. The Kier molecular flexibility index (Phi) is 4.51. The number of anilines is 1. The lowest BCUT2D eigenvalue weighted by Crippen LogP contribution is -2.46. The molecule has 0 amide bonds. The fourth-order valence-electron chi connectivity index (χ4n) is 5.07. The number of rotatable bonds is 3.